The maximum atomic E-state index is 13.5. The van der Waals surface area contributed by atoms with Gasteiger partial charge in [-0.3, -0.25) is 0 Å². The summed E-state index contributed by atoms with van der Waals surface area (Å²) in [5.41, 5.74) is 2.59. The lowest BCUT2D eigenvalue weighted by Gasteiger charge is -2.14. The van der Waals surface area contributed by atoms with Crippen molar-refractivity contribution < 1.29 is 23.1 Å². The highest BCUT2D eigenvalue weighted by Gasteiger charge is 2.19. The van der Waals surface area contributed by atoms with E-state index in [1.165, 1.54) is 21.3 Å². The molecule has 0 saturated heterocycles. The Bertz CT molecular complexity index is 372. The molecule has 6 heteroatoms. The van der Waals surface area contributed by atoms with Crippen LogP contribution < -0.4 is 15.0 Å². The fourth-order valence-electron chi connectivity index (χ4n) is 1.33. The van der Waals surface area contributed by atoms with Crippen LogP contribution in [-0.4, -0.2) is 21.3 Å². The predicted molar refractivity (Wildman–Crippen MR) is 53.3 cm³/mol. The summed E-state index contributed by atoms with van der Waals surface area (Å²) >= 11 is 0. The van der Waals surface area contributed by atoms with Crippen LogP contribution in [-0.2, 0) is 11.4 Å². The number of ether oxygens (including phenoxy) is 2. The van der Waals surface area contributed by atoms with Crippen LogP contribution in [0.2, 0.25) is 0 Å². The van der Waals surface area contributed by atoms with Crippen LogP contribution in [0.5, 0.6) is 11.5 Å². The normalized spacial score (nSPS) is 10.3. The number of hydroxylamine groups is 1. The van der Waals surface area contributed by atoms with Crippen LogP contribution in [0.1, 0.15) is 5.56 Å². The van der Waals surface area contributed by atoms with Gasteiger partial charge in [-0.15, -0.1) is 0 Å². The van der Waals surface area contributed by atoms with E-state index in [9.17, 15) is 8.78 Å². The molecule has 1 aromatic carbocycles. The first-order chi connectivity index (χ1) is 7.65. The smallest absolute Gasteiger partial charge is 0.197 e. The zero-order valence-electron chi connectivity index (χ0n) is 9.27. The third-order valence-corrected chi connectivity index (χ3v) is 2.04. The fraction of sp³-hybridized carbons (Fsp3) is 0.400. The van der Waals surface area contributed by atoms with Crippen LogP contribution in [0.15, 0.2) is 6.07 Å². The highest BCUT2D eigenvalue weighted by Crippen LogP contribution is 2.35. The van der Waals surface area contributed by atoms with Crippen molar-refractivity contribution in [1.29, 1.82) is 0 Å². The molecular formula is C10H13F2NO3. The molecule has 0 fully saturated rings. The highest BCUT2D eigenvalue weighted by atomic mass is 19.1. The Labute approximate surface area is 92.1 Å². The maximum absolute atomic E-state index is 13.5. The van der Waals surface area contributed by atoms with Gasteiger partial charge in [0.05, 0.1) is 33.4 Å². The molecule has 0 bridgehead atoms. The molecule has 16 heavy (non-hydrogen) atoms. The second-order valence-corrected chi connectivity index (χ2v) is 2.91. The third-order valence-electron chi connectivity index (χ3n) is 2.04. The fourth-order valence-corrected chi connectivity index (χ4v) is 1.33. The van der Waals surface area contributed by atoms with Gasteiger partial charge in [-0.05, 0) is 0 Å². The Hall–Kier alpha value is -1.40. The molecule has 0 aliphatic heterocycles. The maximum Gasteiger partial charge on any atom is 0.197 e. The number of halogens is 2. The van der Waals surface area contributed by atoms with Crippen LogP contribution in [0, 0.1) is 11.6 Å². The van der Waals surface area contributed by atoms with E-state index in [1.54, 1.807) is 0 Å². The van der Waals surface area contributed by atoms with Gasteiger partial charge in [-0.25, -0.2) is 8.78 Å². The summed E-state index contributed by atoms with van der Waals surface area (Å²) < 4.78 is 36.5. The lowest BCUT2D eigenvalue weighted by atomic mass is 10.1. The summed E-state index contributed by atoms with van der Waals surface area (Å²) in [6.45, 7) is 0.0438. The molecule has 0 amide bonds. The molecule has 1 aromatic rings. The zero-order valence-corrected chi connectivity index (χ0v) is 9.27. The van der Waals surface area contributed by atoms with Gasteiger partial charge in [0.1, 0.15) is 5.82 Å². The van der Waals surface area contributed by atoms with E-state index in [1.807, 2.05) is 0 Å². The molecular weight excluding hydrogens is 220 g/mol. The van der Waals surface area contributed by atoms with E-state index in [4.69, 9.17) is 9.47 Å². The lowest BCUT2D eigenvalue weighted by Crippen LogP contribution is -2.14. The minimum atomic E-state index is -0.807. The third kappa shape index (κ3) is 2.40. The van der Waals surface area contributed by atoms with Crippen molar-refractivity contribution in [3.05, 3.63) is 23.3 Å². The van der Waals surface area contributed by atoms with E-state index >= 15 is 0 Å². The largest absolute Gasteiger partial charge is 0.492 e. The van der Waals surface area contributed by atoms with Gasteiger partial charge in [0.2, 0.25) is 0 Å². The number of rotatable bonds is 5. The van der Waals surface area contributed by atoms with E-state index in [0.29, 0.717) is 0 Å². The van der Waals surface area contributed by atoms with Crippen molar-refractivity contribution in [3.8, 4) is 11.5 Å². The molecule has 0 spiro atoms. The second kappa shape index (κ2) is 5.62. The summed E-state index contributed by atoms with van der Waals surface area (Å²) in [6.07, 6.45) is 0. The Morgan fingerprint density at radius 2 is 1.69 bits per heavy atom. The van der Waals surface area contributed by atoms with Gasteiger partial charge in [0, 0.05) is 6.07 Å². The number of benzene rings is 1. The topological polar surface area (TPSA) is 39.7 Å². The van der Waals surface area contributed by atoms with Crippen LogP contribution >= 0.6 is 0 Å². The Morgan fingerprint density at radius 3 is 2.19 bits per heavy atom. The first kappa shape index (κ1) is 12.7. The molecule has 0 saturated carbocycles. The van der Waals surface area contributed by atoms with Crippen molar-refractivity contribution in [2.75, 3.05) is 21.3 Å². The lowest BCUT2D eigenvalue weighted by molar-refractivity contribution is 0.0851. The molecule has 1 rings (SSSR count). The summed E-state index contributed by atoms with van der Waals surface area (Å²) in [7, 11) is 3.99. The van der Waals surface area contributed by atoms with Crippen LogP contribution in [0.3, 0.4) is 0 Å². The molecule has 0 unspecified atom stereocenters. The van der Waals surface area contributed by atoms with E-state index in [-0.39, 0.29) is 23.6 Å². The second-order valence-electron chi connectivity index (χ2n) is 2.91. The van der Waals surface area contributed by atoms with Gasteiger partial charge in [-0.2, -0.15) is 5.48 Å². The Balaban J connectivity index is 3.22. The van der Waals surface area contributed by atoms with Crippen LogP contribution in [0.25, 0.3) is 0 Å². The van der Waals surface area contributed by atoms with Gasteiger partial charge >= 0.3 is 0 Å². The van der Waals surface area contributed by atoms with Crippen molar-refractivity contribution in [3.63, 3.8) is 0 Å². The molecule has 0 heterocycles. The SMILES string of the molecule is CONCc1c(F)cc(F)c(OC)c1OC. The minimum absolute atomic E-state index is 0.0181. The van der Waals surface area contributed by atoms with E-state index in [2.05, 4.69) is 10.3 Å². The summed E-state index contributed by atoms with van der Waals surface area (Å²) in [6, 6.07) is 0.744. The molecule has 0 aliphatic rings. The van der Waals surface area contributed by atoms with Crippen LogP contribution in [0.4, 0.5) is 8.78 Å². The molecule has 0 atom stereocenters. The monoisotopic (exact) mass is 233 g/mol. The van der Waals surface area contributed by atoms with Crippen molar-refractivity contribution in [1.82, 2.24) is 5.48 Å². The number of hydrogen-bond acceptors (Lipinski definition) is 4. The minimum Gasteiger partial charge on any atom is -0.492 e. The molecule has 4 nitrogen and oxygen atoms in total. The number of hydrogen-bond donors (Lipinski definition) is 1. The molecule has 1 N–H and O–H groups in total. The highest BCUT2D eigenvalue weighted by molar-refractivity contribution is 5.48. The molecule has 90 valence electrons. The zero-order chi connectivity index (χ0) is 12.1. The van der Waals surface area contributed by atoms with Gasteiger partial charge < -0.3 is 14.3 Å². The quantitative estimate of drug-likeness (QED) is 0.785. The Kier molecular flexibility index (Phi) is 4.45. The predicted octanol–water partition coefficient (Wildman–Crippen LogP) is 1.63. The molecule has 0 aliphatic carbocycles. The van der Waals surface area contributed by atoms with Crippen molar-refractivity contribution >= 4 is 0 Å². The van der Waals surface area contributed by atoms with Gasteiger partial charge in [0.15, 0.2) is 17.3 Å². The first-order valence-corrected chi connectivity index (χ1v) is 4.50. The van der Waals surface area contributed by atoms with Crippen molar-refractivity contribution in [2.45, 2.75) is 6.54 Å². The standard InChI is InChI=1S/C10H13F2NO3/c1-14-9-6(5-13-16-3)7(11)4-8(12)10(9)15-2/h4,13H,5H2,1-3H3. The number of nitrogens with one attached hydrogen (secondary N) is 1. The number of methoxy groups -OCH3 is 2. The van der Waals surface area contributed by atoms with E-state index < -0.39 is 11.6 Å². The molecule has 0 aromatic heterocycles. The average Bonchev–Trinajstić information content (AvgIpc) is 2.27. The van der Waals surface area contributed by atoms with Crippen molar-refractivity contribution in [2.24, 2.45) is 0 Å². The average molecular weight is 233 g/mol. The Morgan fingerprint density at radius 1 is 1.06 bits per heavy atom. The molecule has 0 radical (unpaired) electrons. The van der Waals surface area contributed by atoms with E-state index in [0.717, 1.165) is 6.07 Å². The first-order valence-electron chi connectivity index (χ1n) is 4.50. The summed E-state index contributed by atoms with van der Waals surface area (Å²) in [5, 5.41) is 0. The van der Waals surface area contributed by atoms with Gasteiger partial charge in [0.25, 0.3) is 0 Å². The summed E-state index contributed by atoms with van der Waals surface area (Å²) in [4.78, 5) is 4.60. The van der Waals surface area contributed by atoms with Gasteiger partial charge in [-0.1, -0.05) is 0 Å². The summed E-state index contributed by atoms with van der Waals surface area (Å²) in [5.74, 6) is -1.64.